The Kier molecular flexibility index (Phi) is 7.05. The lowest BCUT2D eigenvalue weighted by atomic mass is 10.2. The van der Waals surface area contributed by atoms with Crippen LogP contribution < -0.4 is 0 Å². The molecular weight excluding hydrogens is 274 g/mol. The standard InChI is InChI=1S/C11H16BrNOS/c12-10-6-5-7-13-11(10)15-9-4-2-1-3-8-14/h5-7,14H,1-4,8-9H2. The van der Waals surface area contributed by atoms with Crippen molar-refractivity contribution in [1.82, 2.24) is 4.98 Å². The van der Waals surface area contributed by atoms with Crippen LogP contribution in [0.1, 0.15) is 25.7 Å². The van der Waals surface area contributed by atoms with Crippen molar-refractivity contribution in [2.45, 2.75) is 30.7 Å². The Labute approximate surface area is 104 Å². The molecule has 0 aliphatic heterocycles. The molecule has 0 aliphatic rings. The molecule has 0 fully saturated rings. The maximum absolute atomic E-state index is 8.62. The van der Waals surface area contributed by atoms with Gasteiger partial charge in [0.2, 0.25) is 0 Å². The third-order valence-corrected chi connectivity index (χ3v) is 4.01. The van der Waals surface area contributed by atoms with Crippen LogP contribution in [0.3, 0.4) is 0 Å². The van der Waals surface area contributed by atoms with E-state index in [0.29, 0.717) is 6.61 Å². The molecule has 84 valence electrons. The van der Waals surface area contributed by atoms with Gasteiger partial charge in [0.05, 0.1) is 0 Å². The van der Waals surface area contributed by atoms with Crippen LogP contribution in [-0.4, -0.2) is 22.5 Å². The fraction of sp³-hybridized carbons (Fsp3) is 0.545. The number of aliphatic hydroxyl groups excluding tert-OH is 1. The van der Waals surface area contributed by atoms with E-state index in [1.807, 2.05) is 18.3 Å². The largest absolute Gasteiger partial charge is 0.396 e. The minimum atomic E-state index is 0.318. The van der Waals surface area contributed by atoms with Crippen molar-refractivity contribution in [2.75, 3.05) is 12.4 Å². The number of rotatable bonds is 7. The van der Waals surface area contributed by atoms with E-state index >= 15 is 0 Å². The summed E-state index contributed by atoms with van der Waals surface area (Å²) in [6, 6.07) is 3.94. The molecule has 4 heteroatoms. The summed E-state index contributed by atoms with van der Waals surface area (Å²) in [7, 11) is 0. The molecule has 1 N–H and O–H groups in total. The number of aliphatic hydroxyl groups is 1. The lowest BCUT2D eigenvalue weighted by Gasteiger charge is -2.02. The van der Waals surface area contributed by atoms with Gasteiger partial charge in [0, 0.05) is 17.3 Å². The molecule has 0 unspecified atom stereocenters. The van der Waals surface area contributed by atoms with Gasteiger partial charge in [0.15, 0.2) is 0 Å². The zero-order valence-corrected chi connectivity index (χ0v) is 11.1. The fourth-order valence-corrected chi connectivity index (χ4v) is 2.70. The highest BCUT2D eigenvalue weighted by Gasteiger charge is 1.99. The Morgan fingerprint density at radius 3 is 2.80 bits per heavy atom. The highest BCUT2D eigenvalue weighted by Crippen LogP contribution is 2.25. The Bertz CT molecular complexity index is 283. The predicted octanol–water partition coefficient (Wildman–Crippen LogP) is 3.49. The van der Waals surface area contributed by atoms with Crippen LogP contribution in [-0.2, 0) is 0 Å². The third kappa shape index (κ3) is 5.54. The molecular formula is C11H16BrNOS. The first kappa shape index (κ1) is 13.0. The van der Waals surface area contributed by atoms with E-state index in [1.165, 1.54) is 12.8 Å². The van der Waals surface area contributed by atoms with Crippen LogP contribution >= 0.6 is 27.7 Å². The number of aromatic nitrogens is 1. The zero-order chi connectivity index (χ0) is 10.9. The van der Waals surface area contributed by atoms with Crippen LogP contribution in [0.5, 0.6) is 0 Å². The predicted molar refractivity (Wildman–Crippen MR) is 68.2 cm³/mol. The van der Waals surface area contributed by atoms with Crippen molar-refractivity contribution in [1.29, 1.82) is 0 Å². The van der Waals surface area contributed by atoms with E-state index in [1.54, 1.807) is 11.8 Å². The second kappa shape index (κ2) is 8.13. The minimum absolute atomic E-state index is 0.318. The molecule has 1 aromatic rings. The average Bonchev–Trinajstić information content (AvgIpc) is 2.25. The number of halogens is 1. The maximum Gasteiger partial charge on any atom is 0.110 e. The molecule has 1 aromatic heterocycles. The van der Waals surface area contributed by atoms with Gasteiger partial charge in [0.1, 0.15) is 5.03 Å². The van der Waals surface area contributed by atoms with E-state index in [9.17, 15) is 0 Å². The molecule has 0 spiro atoms. The summed E-state index contributed by atoms with van der Waals surface area (Å²) in [4.78, 5) is 4.29. The Morgan fingerprint density at radius 1 is 1.27 bits per heavy atom. The molecule has 0 aliphatic carbocycles. The van der Waals surface area contributed by atoms with Gasteiger partial charge in [-0.1, -0.05) is 12.8 Å². The number of hydrogen-bond acceptors (Lipinski definition) is 3. The van der Waals surface area contributed by atoms with Crippen LogP contribution in [0.15, 0.2) is 27.8 Å². The second-order valence-corrected chi connectivity index (χ2v) is 5.21. The van der Waals surface area contributed by atoms with Gasteiger partial charge >= 0.3 is 0 Å². The van der Waals surface area contributed by atoms with Crippen molar-refractivity contribution >= 4 is 27.7 Å². The Morgan fingerprint density at radius 2 is 2.07 bits per heavy atom. The van der Waals surface area contributed by atoms with Crippen LogP contribution in [0.25, 0.3) is 0 Å². The number of hydrogen-bond donors (Lipinski definition) is 1. The number of pyridine rings is 1. The fourth-order valence-electron chi connectivity index (χ4n) is 1.21. The van der Waals surface area contributed by atoms with Crippen molar-refractivity contribution < 1.29 is 5.11 Å². The first-order valence-corrected chi connectivity index (χ1v) is 6.96. The highest BCUT2D eigenvalue weighted by atomic mass is 79.9. The summed E-state index contributed by atoms with van der Waals surface area (Å²) in [5.41, 5.74) is 0. The maximum atomic E-state index is 8.62. The van der Waals surface area contributed by atoms with E-state index in [-0.39, 0.29) is 0 Å². The summed E-state index contributed by atoms with van der Waals surface area (Å²) in [5.74, 6) is 1.10. The Balaban J connectivity index is 2.12. The third-order valence-electron chi connectivity index (χ3n) is 2.02. The molecule has 2 nitrogen and oxygen atoms in total. The van der Waals surface area contributed by atoms with Crippen LogP contribution in [0.4, 0.5) is 0 Å². The van der Waals surface area contributed by atoms with E-state index in [2.05, 4.69) is 20.9 Å². The minimum Gasteiger partial charge on any atom is -0.396 e. The van der Waals surface area contributed by atoms with Crippen LogP contribution in [0, 0.1) is 0 Å². The van der Waals surface area contributed by atoms with Gasteiger partial charge in [-0.2, -0.15) is 0 Å². The average molecular weight is 290 g/mol. The zero-order valence-electron chi connectivity index (χ0n) is 8.66. The van der Waals surface area contributed by atoms with Gasteiger partial charge in [-0.05, 0) is 46.7 Å². The molecule has 1 heterocycles. The van der Waals surface area contributed by atoms with Crippen molar-refractivity contribution in [2.24, 2.45) is 0 Å². The molecule has 0 aromatic carbocycles. The molecule has 15 heavy (non-hydrogen) atoms. The lowest BCUT2D eigenvalue weighted by molar-refractivity contribution is 0.283. The molecule has 0 saturated heterocycles. The molecule has 0 bridgehead atoms. The lowest BCUT2D eigenvalue weighted by Crippen LogP contribution is -1.87. The monoisotopic (exact) mass is 289 g/mol. The topological polar surface area (TPSA) is 33.1 Å². The summed E-state index contributed by atoms with van der Waals surface area (Å²) in [6.45, 7) is 0.318. The summed E-state index contributed by atoms with van der Waals surface area (Å²) >= 11 is 5.26. The quantitative estimate of drug-likeness (QED) is 0.616. The van der Waals surface area contributed by atoms with Gasteiger partial charge < -0.3 is 5.11 Å². The van der Waals surface area contributed by atoms with Gasteiger partial charge in [-0.25, -0.2) is 4.98 Å². The number of nitrogens with zero attached hydrogens (tertiary/aromatic N) is 1. The normalized spacial score (nSPS) is 10.5. The molecule has 0 radical (unpaired) electrons. The highest BCUT2D eigenvalue weighted by molar-refractivity contribution is 9.10. The van der Waals surface area contributed by atoms with E-state index in [4.69, 9.17) is 5.11 Å². The summed E-state index contributed by atoms with van der Waals surface area (Å²) < 4.78 is 1.07. The van der Waals surface area contributed by atoms with Crippen molar-refractivity contribution in [3.05, 3.63) is 22.8 Å². The summed E-state index contributed by atoms with van der Waals surface area (Å²) in [6.07, 6.45) is 6.25. The van der Waals surface area contributed by atoms with E-state index < -0.39 is 0 Å². The SMILES string of the molecule is OCCCCCCSc1ncccc1Br. The number of thioether (sulfide) groups is 1. The smallest absolute Gasteiger partial charge is 0.110 e. The molecule has 1 rings (SSSR count). The van der Waals surface area contributed by atoms with Gasteiger partial charge in [-0.15, -0.1) is 11.8 Å². The number of unbranched alkanes of at least 4 members (excludes halogenated alkanes) is 3. The first-order valence-electron chi connectivity index (χ1n) is 5.19. The van der Waals surface area contributed by atoms with Gasteiger partial charge in [-0.3, -0.25) is 0 Å². The van der Waals surface area contributed by atoms with E-state index in [0.717, 1.165) is 28.1 Å². The molecule has 0 atom stereocenters. The first-order chi connectivity index (χ1) is 7.34. The van der Waals surface area contributed by atoms with Crippen molar-refractivity contribution in [3.8, 4) is 0 Å². The van der Waals surface area contributed by atoms with Gasteiger partial charge in [0.25, 0.3) is 0 Å². The Hall–Kier alpha value is -0.0600. The second-order valence-electron chi connectivity index (χ2n) is 3.28. The summed E-state index contributed by atoms with van der Waals surface area (Å²) in [5, 5.41) is 9.68. The molecule has 0 amide bonds. The molecule has 0 saturated carbocycles. The van der Waals surface area contributed by atoms with Crippen molar-refractivity contribution in [3.63, 3.8) is 0 Å². The van der Waals surface area contributed by atoms with Crippen LogP contribution in [0.2, 0.25) is 0 Å².